The number of benzene rings is 2. The molecule has 0 radical (unpaired) electrons. The molecule has 0 atom stereocenters. The van der Waals surface area contributed by atoms with Crippen molar-refractivity contribution < 1.29 is 22.7 Å². The first-order valence-electron chi connectivity index (χ1n) is 9.45. The van der Waals surface area contributed by atoms with Crippen LogP contribution in [-0.2, 0) is 10.0 Å². The highest BCUT2D eigenvalue weighted by atomic mass is 32.2. The van der Waals surface area contributed by atoms with Crippen molar-refractivity contribution in [2.45, 2.75) is 4.90 Å². The molecule has 0 unspecified atom stereocenters. The summed E-state index contributed by atoms with van der Waals surface area (Å²) in [5.74, 6) is -0.754. The highest BCUT2D eigenvalue weighted by Crippen LogP contribution is 2.27. The third kappa shape index (κ3) is 5.10. The maximum Gasteiger partial charge on any atom is 0.255 e. The van der Waals surface area contributed by atoms with E-state index in [1.165, 1.54) is 45.5 Å². The van der Waals surface area contributed by atoms with E-state index in [-0.39, 0.29) is 22.1 Å². The number of aromatic nitrogens is 1. The monoisotopic (exact) mass is 454 g/mol. The quantitative estimate of drug-likeness (QED) is 0.567. The smallest absolute Gasteiger partial charge is 0.255 e. The fourth-order valence-corrected chi connectivity index (χ4v) is 3.87. The SMILES string of the molecule is COc1ccc(C(=O)Nc2cccc(C(=O)Nc3ccncc3)c2)cc1S(=O)(=O)N(C)C. The van der Waals surface area contributed by atoms with Gasteiger partial charge in [0.2, 0.25) is 10.0 Å². The van der Waals surface area contributed by atoms with Crippen LogP contribution >= 0.6 is 0 Å². The van der Waals surface area contributed by atoms with Gasteiger partial charge in [-0.2, -0.15) is 0 Å². The van der Waals surface area contributed by atoms with Crippen LogP contribution in [0.2, 0.25) is 0 Å². The van der Waals surface area contributed by atoms with E-state index in [9.17, 15) is 18.0 Å². The molecule has 0 aliphatic carbocycles. The molecule has 1 heterocycles. The minimum atomic E-state index is -3.83. The summed E-state index contributed by atoms with van der Waals surface area (Å²) in [7, 11) is 0.314. The second-order valence-corrected chi connectivity index (χ2v) is 9.00. The number of amides is 2. The van der Waals surface area contributed by atoms with Crippen molar-refractivity contribution >= 4 is 33.2 Å². The Kier molecular flexibility index (Phi) is 6.86. The normalized spacial score (nSPS) is 11.1. The predicted octanol–water partition coefficient (Wildman–Crippen LogP) is 2.85. The zero-order valence-electron chi connectivity index (χ0n) is 17.7. The summed E-state index contributed by atoms with van der Waals surface area (Å²) in [4.78, 5) is 29.0. The van der Waals surface area contributed by atoms with Gasteiger partial charge in [-0.25, -0.2) is 12.7 Å². The van der Waals surface area contributed by atoms with E-state index in [1.54, 1.807) is 42.7 Å². The Hall–Kier alpha value is -3.76. The number of nitrogens with one attached hydrogen (secondary N) is 2. The lowest BCUT2D eigenvalue weighted by molar-refractivity contribution is 0.101. The van der Waals surface area contributed by atoms with E-state index in [4.69, 9.17) is 4.74 Å². The molecule has 10 heteroatoms. The van der Waals surface area contributed by atoms with Crippen LogP contribution < -0.4 is 15.4 Å². The molecule has 0 bridgehead atoms. The summed E-state index contributed by atoms with van der Waals surface area (Å²) >= 11 is 0. The minimum absolute atomic E-state index is 0.122. The van der Waals surface area contributed by atoms with Crippen LogP contribution in [0.3, 0.4) is 0 Å². The zero-order valence-corrected chi connectivity index (χ0v) is 18.5. The molecule has 2 amide bonds. The maximum atomic E-state index is 12.8. The predicted molar refractivity (Wildman–Crippen MR) is 120 cm³/mol. The van der Waals surface area contributed by atoms with Crippen molar-refractivity contribution in [3.8, 4) is 5.75 Å². The van der Waals surface area contributed by atoms with Crippen LogP contribution in [0.15, 0.2) is 71.9 Å². The van der Waals surface area contributed by atoms with Crippen LogP contribution in [0.5, 0.6) is 5.75 Å². The van der Waals surface area contributed by atoms with Gasteiger partial charge in [0.1, 0.15) is 10.6 Å². The summed E-state index contributed by atoms with van der Waals surface area (Å²) in [6.07, 6.45) is 3.12. The lowest BCUT2D eigenvalue weighted by Gasteiger charge is -2.15. The summed E-state index contributed by atoms with van der Waals surface area (Å²) in [5.41, 5.74) is 1.43. The number of hydrogen-bond acceptors (Lipinski definition) is 6. The lowest BCUT2D eigenvalue weighted by atomic mass is 10.1. The van der Waals surface area contributed by atoms with E-state index in [0.29, 0.717) is 16.9 Å². The third-order valence-corrected chi connectivity index (χ3v) is 6.34. The number of methoxy groups -OCH3 is 1. The standard InChI is InChI=1S/C22H22N4O5S/c1-26(2)32(29,30)20-14-16(7-8-19(20)31-3)22(28)25-18-6-4-5-15(13-18)21(27)24-17-9-11-23-12-10-17/h4-14H,1-3H3,(H,25,28)(H,23,24,27). The lowest BCUT2D eigenvalue weighted by Crippen LogP contribution is -2.23. The summed E-state index contributed by atoms with van der Waals surface area (Å²) in [6, 6.07) is 13.8. The van der Waals surface area contributed by atoms with Gasteiger partial charge in [0, 0.05) is 49.0 Å². The van der Waals surface area contributed by atoms with Gasteiger partial charge in [0.15, 0.2) is 0 Å². The molecule has 3 aromatic rings. The molecule has 32 heavy (non-hydrogen) atoms. The molecule has 166 valence electrons. The Morgan fingerprint density at radius 2 is 1.50 bits per heavy atom. The molecule has 0 spiro atoms. The zero-order chi connectivity index (χ0) is 23.3. The van der Waals surface area contributed by atoms with Gasteiger partial charge in [-0.15, -0.1) is 0 Å². The van der Waals surface area contributed by atoms with Crippen molar-refractivity contribution in [1.29, 1.82) is 0 Å². The van der Waals surface area contributed by atoms with E-state index >= 15 is 0 Å². The van der Waals surface area contributed by atoms with Crippen molar-refractivity contribution in [3.63, 3.8) is 0 Å². The first-order chi connectivity index (χ1) is 15.2. The number of carbonyl (C=O) groups is 2. The van der Waals surface area contributed by atoms with Crippen molar-refractivity contribution in [2.75, 3.05) is 31.8 Å². The molecular formula is C22H22N4O5S. The van der Waals surface area contributed by atoms with Gasteiger partial charge >= 0.3 is 0 Å². The number of rotatable bonds is 7. The maximum absolute atomic E-state index is 12.8. The number of ether oxygens (including phenoxy) is 1. The first kappa shape index (κ1) is 22.9. The number of anilines is 2. The number of carbonyl (C=O) groups excluding carboxylic acids is 2. The topological polar surface area (TPSA) is 118 Å². The fourth-order valence-electron chi connectivity index (χ4n) is 2.80. The third-order valence-electron chi connectivity index (χ3n) is 4.51. The van der Waals surface area contributed by atoms with Crippen molar-refractivity contribution in [2.24, 2.45) is 0 Å². The molecular weight excluding hydrogens is 432 g/mol. The Bertz CT molecular complexity index is 1240. The van der Waals surface area contributed by atoms with Gasteiger partial charge in [0.05, 0.1) is 7.11 Å². The van der Waals surface area contributed by atoms with Gasteiger partial charge in [-0.3, -0.25) is 14.6 Å². The number of hydrogen-bond donors (Lipinski definition) is 2. The second kappa shape index (κ2) is 9.58. The highest BCUT2D eigenvalue weighted by molar-refractivity contribution is 7.89. The summed E-state index contributed by atoms with van der Waals surface area (Å²) in [6.45, 7) is 0. The van der Waals surface area contributed by atoms with Crippen molar-refractivity contribution in [1.82, 2.24) is 9.29 Å². The second-order valence-electron chi connectivity index (χ2n) is 6.88. The van der Waals surface area contributed by atoms with E-state index < -0.39 is 15.9 Å². The summed E-state index contributed by atoms with van der Waals surface area (Å²) in [5, 5.41) is 5.43. The van der Waals surface area contributed by atoms with Crippen LogP contribution in [0.4, 0.5) is 11.4 Å². The average Bonchev–Trinajstić information content (AvgIpc) is 2.79. The molecule has 3 rings (SSSR count). The Balaban J connectivity index is 1.82. The molecule has 0 aliphatic heterocycles. The van der Waals surface area contributed by atoms with Gasteiger partial charge in [0.25, 0.3) is 11.8 Å². The highest BCUT2D eigenvalue weighted by Gasteiger charge is 2.24. The van der Waals surface area contributed by atoms with Crippen LogP contribution in [-0.4, -0.2) is 50.7 Å². The average molecular weight is 455 g/mol. The van der Waals surface area contributed by atoms with Gasteiger partial charge in [-0.05, 0) is 48.5 Å². The Labute approximate surface area is 186 Å². The molecule has 0 fully saturated rings. The molecule has 2 N–H and O–H groups in total. The Morgan fingerprint density at radius 3 is 2.12 bits per heavy atom. The largest absolute Gasteiger partial charge is 0.495 e. The fraction of sp³-hybridized carbons (Fsp3) is 0.136. The van der Waals surface area contributed by atoms with Gasteiger partial charge < -0.3 is 15.4 Å². The number of sulfonamides is 1. The molecule has 1 aromatic heterocycles. The molecule has 9 nitrogen and oxygen atoms in total. The summed E-state index contributed by atoms with van der Waals surface area (Å²) < 4.78 is 31.3. The van der Waals surface area contributed by atoms with Crippen LogP contribution in [0, 0.1) is 0 Å². The van der Waals surface area contributed by atoms with Crippen LogP contribution in [0.1, 0.15) is 20.7 Å². The first-order valence-corrected chi connectivity index (χ1v) is 10.9. The molecule has 2 aromatic carbocycles. The van der Waals surface area contributed by atoms with E-state index in [0.717, 1.165) is 4.31 Å². The Morgan fingerprint density at radius 1 is 0.875 bits per heavy atom. The van der Waals surface area contributed by atoms with Crippen LogP contribution in [0.25, 0.3) is 0 Å². The van der Waals surface area contributed by atoms with Gasteiger partial charge in [-0.1, -0.05) is 6.07 Å². The van der Waals surface area contributed by atoms with E-state index in [2.05, 4.69) is 15.6 Å². The molecule has 0 saturated carbocycles. The number of pyridine rings is 1. The molecule has 0 saturated heterocycles. The van der Waals surface area contributed by atoms with E-state index in [1.807, 2.05) is 0 Å². The molecule has 0 aliphatic rings. The van der Waals surface area contributed by atoms with Crippen molar-refractivity contribution in [3.05, 3.63) is 78.1 Å². The minimum Gasteiger partial charge on any atom is -0.495 e. The number of nitrogens with zero attached hydrogens (tertiary/aromatic N) is 2.